The molecule has 0 radical (unpaired) electrons. The fourth-order valence-corrected chi connectivity index (χ4v) is 3.60. The van der Waals surface area contributed by atoms with Gasteiger partial charge in [-0.2, -0.15) is 5.26 Å². The molecular formula is C28H24N4O8. The summed E-state index contributed by atoms with van der Waals surface area (Å²) >= 11 is 0. The summed E-state index contributed by atoms with van der Waals surface area (Å²) in [7, 11) is 1.52. The van der Waals surface area contributed by atoms with Gasteiger partial charge >= 0.3 is 5.69 Å². The number of nitrogens with zero attached hydrogens (tertiary/aromatic N) is 3. The molecule has 1 N–H and O–H groups in total. The number of nitrogens with one attached hydrogen (secondary N) is 1. The zero-order valence-electron chi connectivity index (χ0n) is 21.6. The molecule has 0 aliphatic carbocycles. The molecule has 3 aromatic rings. The molecule has 0 bridgehead atoms. The van der Waals surface area contributed by atoms with E-state index in [1.807, 2.05) is 6.07 Å². The van der Waals surface area contributed by atoms with Crippen LogP contribution in [0.4, 0.5) is 17.1 Å². The van der Waals surface area contributed by atoms with Gasteiger partial charge in [-0.05, 0) is 67.4 Å². The lowest BCUT2D eigenvalue weighted by Gasteiger charge is -2.16. The monoisotopic (exact) mass is 544 g/mol. The van der Waals surface area contributed by atoms with Gasteiger partial charge in [-0.25, -0.2) is 0 Å². The Bertz CT molecular complexity index is 1520. The summed E-state index contributed by atoms with van der Waals surface area (Å²) in [5.41, 5.74) is 0.102. The number of methoxy groups -OCH3 is 1. The highest BCUT2D eigenvalue weighted by Gasteiger charge is 2.24. The maximum Gasteiger partial charge on any atom is 0.318 e. The van der Waals surface area contributed by atoms with Crippen molar-refractivity contribution in [2.24, 2.45) is 0 Å². The minimum Gasteiger partial charge on any atom is -0.497 e. The van der Waals surface area contributed by atoms with Crippen molar-refractivity contribution in [3.63, 3.8) is 0 Å². The average molecular weight is 545 g/mol. The first-order chi connectivity index (χ1) is 19.2. The quantitative estimate of drug-likeness (QED) is 0.0948. The lowest BCUT2D eigenvalue weighted by Crippen LogP contribution is -2.13. The largest absolute Gasteiger partial charge is 0.497 e. The van der Waals surface area contributed by atoms with Crippen LogP contribution >= 0.6 is 0 Å². The number of anilines is 1. The van der Waals surface area contributed by atoms with Crippen LogP contribution in [-0.4, -0.2) is 29.5 Å². The normalized spacial score (nSPS) is 10.7. The van der Waals surface area contributed by atoms with E-state index in [1.54, 1.807) is 43.3 Å². The zero-order valence-corrected chi connectivity index (χ0v) is 21.6. The Labute approximate surface area is 229 Å². The lowest BCUT2D eigenvalue weighted by atomic mass is 10.0. The maximum absolute atomic E-state index is 12.8. The summed E-state index contributed by atoms with van der Waals surface area (Å²) in [4.78, 5) is 34.0. The van der Waals surface area contributed by atoms with Crippen LogP contribution in [0.3, 0.4) is 0 Å². The third kappa shape index (κ3) is 6.99. The molecule has 0 aliphatic rings. The molecule has 1 amide bonds. The molecule has 0 aliphatic heterocycles. The minimum atomic E-state index is -0.784. The molecule has 12 heteroatoms. The molecule has 0 atom stereocenters. The Morgan fingerprint density at radius 1 is 1.07 bits per heavy atom. The van der Waals surface area contributed by atoms with Crippen molar-refractivity contribution >= 4 is 29.0 Å². The summed E-state index contributed by atoms with van der Waals surface area (Å²) in [6.45, 7) is 5.65. The number of carbonyl (C=O) groups is 1. The van der Waals surface area contributed by atoms with Crippen LogP contribution in [0.2, 0.25) is 0 Å². The van der Waals surface area contributed by atoms with Crippen LogP contribution in [0.15, 0.2) is 72.8 Å². The number of hydrogen-bond donors (Lipinski definition) is 1. The zero-order chi connectivity index (χ0) is 29.2. The van der Waals surface area contributed by atoms with Gasteiger partial charge in [0.1, 0.15) is 17.4 Å². The molecule has 0 spiro atoms. The van der Waals surface area contributed by atoms with Crippen molar-refractivity contribution in [3.8, 4) is 29.1 Å². The second-order valence-electron chi connectivity index (χ2n) is 8.05. The fourth-order valence-electron chi connectivity index (χ4n) is 3.60. The number of rotatable bonds is 12. The highest BCUT2D eigenvalue weighted by molar-refractivity contribution is 6.09. The van der Waals surface area contributed by atoms with Gasteiger partial charge in [0.2, 0.25) is 5.75 Å². The molecule has 204 valence electrons. The first kappa shape index (κ1) is 28.9. The van der Waals surface area contributed by atoms with Crippen LogP contribution in [0, 0.1) is 31.6 Å². The first-order valence-electron chi connectivity index (χ1n) is 11.8. The molecule has 12 nitrogen and oxygen atoms in total. The Balaban J connectivity index is 2.03. The molecule has 40 heavy (non-hydrogen) atoms. The number of amides is 1. The highest BCUT2D eigenvalue weighted by atomic mass is 16.6. The van der Waals surface area contributed by atoms with Gasteiger partial charge in [0.15, 0.2) is 11.5 Å². The SMILES string of the molecule is C=CCc1cc(/C=C(\C#N)C(=O)Nc2ccc(OC)cc2)cc(OCC)c1Oc1ccc([N+](=O)[O-])cc1[N+](=O)[O-]. The molecule has 0 fully saturated rings. The third-order valence-electron chi connectivity index (χ3n) is 5.40. The molecule has 0 aromatic heterocycles. The number of nitriles is 1. The van der Waals surface area contributed by atoms with Crippen LogP contribution < -0.4 is 19.5 Å². The Hall–Kier alpha value is -5.70. The Kier molecular flexibility index (Phi) is 9.53. The second-order valence-corrected chi connectivity index (χ2v) is 8.05. The molecule has 0 unspecified atom stereocenters. The maximum atomic E-state index is 12.8. The number of hydrogen-bond acceptors (Lipinski definition) is 9. The number of nitro groups is 2. The van der Waals surface area contributed by atoms with Crippen LogP contribution in [0.25, 0.3) is 6.08 Å². The van der Waals surface area contributed by atoms with E-state index in [1.165, 1.54) is 19.3 Å². The average Bonchev–Trinajstić information content (AvgIpc) is 2.94. The summed E-state index contributed by atoms with van der Waals surface area (Å²) in [5.74, 6) is 0.0266. The number of nitro benzene ring substituents is 2. The molecule has 0 saturated carbocycles. The van der Waals surface area contributed by atoms with E-state index in [9.17, 15) is 30.3 Å². The summed E-state index contributed by atoms with van der Waals surface area (Å²) < 4.78 is 16.7. The van der Waals surface area contributed by atoms with Gasteiger partial charge in [0.25, 0.3) is 11.6 Å². The van der Waals surface area contributed by atoms with Gasteiger partial charge in [-0.15, -0.1) is 6.58 Å². The van der Waals surface area contributed by atoms with E-state index < -0.39 is 27.1 Å². The molecule has 0 heterocycles. The van der Waals surface area contributed by atoms with E-state index in [2.05, 4.69) is 11.9 Å². The van der Waals surface area contributed by atoms with E-state index >= 15 is 0 Å². The van der Waals surface area contributed by atoms with E-state index in [0.29, 0.717) is 22.6 Å². The summed E-state index contributed by atoms with van der Waals surface area (Å²) in [5, 5.41) is 35.0. The van der Waals surface area contributed by atoms with Gasteiger partial charge in [-0.1, -0.05) is 6.08 Å². The van der Waals surface area contributed by atoms with Crippen molar-refractivity contribution in [1.82, 2.24) is 0 Å². The van der Waals surface area contributed by atoms with Crippen molar-refractivity contribution in [2.75, 3.05) is 19.0 Å². The predicted molar refractivity (Wildman–Crippen MR) is 147 cm³/mol. The van der Waals surface area contributed by atoms with Crippen molar-refractivity contribution in [2.45, 2.75) is 13.3 Å². The van der Waals surface area contributed by atoms with Crippen LogP contribution in [0.5, 0.6) is 23.0 Å². The molecule has 3 rings (SSSR count). The third-order valence-corrected chi connectivity index (χ3v) is 5.40. The number of ether oxygens (including phenoxy) is 3. The lowest BCUT2D eigenvalue weighted by molar-refractivity contribution is -0.394. The van der Waals surface area contributed by atoms with E-state index in [0.717, 1.165) is 18.2 Å². The second kappa shape index (κ2) is 13.2. The fraction of sp³-hybridized carbons (Fsp3) is 0.143. The Morgan fingerprint density at radius 3 is 2.38 bits per heavy atom. The van der Waals surface area contributed by atoms with Crippen LogP contribution in [0.1, 0.15) is 18.1 Å². The molecule has 3 aromatic carbocycles. The molecule has 0 saturated heterocycles. The van der Waals surface area contributed by atoms with Gasteiger partial charge in [0.05, 0.1) is 29.6 Å². The number of benzene rings is 3. The first-order valence-corrected chi connectivity index (χ1v) is 11.8. The predicted octanol–water partition coefficient (Wildman–Crippen LogP) is 5.98. The topological polar surface area (TPSA) is 167 Å². The number of non-ortho nitro benzene ring substituents is 1. The summed E-state index contributed by atoms with van der Waals surface area (Å²) in [6.07, 6.45) is 3.17. The van der Waals surface area contributed by atoms with Crippen molar-refractivity contribution < 1.29 is 28.9 Å². The minimum absolute atomic E-state index is 0.122. The van der Waals surface area contributed by atoms with Crippen LogP contribution in [-0.2, 0) is 11.2 Å². The Morgan fingerprint density at radius 2 is 1.80 bits per heavy atom. The highest BCUT2D eigenvalue weighted by Crippen LogP contribution is 2.41. The smallest absolute Gasteiger partial charge is 0.318 e. The summed E-state index contributed by atoms with van der Waals surface area (Å²) in [6, 6.07) is 14.6. The number of allylic oxidation sites excluding steroid dienone is 1. The van der Waals surface area contributed by atoms with E-state index in [-0.39, 0.29) is 35.8 Å². The van der Waals surface area contributed by atoms with Gasteiger partial charge < -0.3 is 19.5 Å². The molecular weight excluding hydrogens is 520 g/mol. The van der Waals surface area contributed by atoms with Crippen molar-refractivity contribution in [3.05, 3.63) is 104 Å². The van der Waals surface area contributed by atoms with Gasteiger partial charge in [-0.3, -0.25) is 25.0 Å². The van der Waals surface area contributed by atoms with E-state index in [4.69, 9.17) is 14.2 Å². The van der Waals surface area contributed by atoms with Gasteiger partial charge in [0, 0.05) is 17.3 Å². The number of carbonyl (C=O) groups excluding carboxylic acids is 1. The standard InChI is InChI=1S/C28H24N4O8/c1-4-6-19-13-18(14-20(17-29)28(33)30-21-7-10-23(38-3)11-8-21)15-26(39-5-2)27(19)40-25-12-9-22(31(34)35)16-24(25)32(36)37/h4,7-16H,1,5-6H2,2-3H3,(H,30,33)/b20-14+. The van der Waals surface area contributed by atoms with Crippen molar-refractivity contribution in [1.29, 1.82) is 5.26 Å².